The van der Waals surface area contributed by atoms with Gasteiger partial charge >= 0.3 is 0 Å². The smallest absolute Gasteiger partial charge is 0.0672 e. The summed E-state index contributed by atoms with van der Waals surface area (Å²) >= 11 is 0. The van der Waals surface area contributed by atoms with E-state index in [2.05, 4.69) is 29.7 Å². The van der Waals surface area contributed by atoms with Crippen molar-refractivity contribution < 1.29 is 0 Å². The summed E-state index contributed by atoms with van der Waals surface area (Å²) < 4.78 is 0. The first kappa shape index (κ1) is 11.9. The second-order valence-corrected chi connectivity index (χ2v) is 5.21. The third-order valence-corrected chi connectivity index (χ3v) is 4.32. The van der Waals surface area contributed by atoms with Crippen molar-refractivity contribution in [2.45, 2.75) is 45.2 Å². The second kappa shape index (κ2) is 5.16. The zero-order valence-electron chi connectivity index (χ0n) is 10.5. The predicted molar refractivity (Wildman–Crippen MR) is 65.0 cm³/mol. The van der Waals surface area contributed by atoms with E-state index in [-0.39, 0.29) is 0 Å². The molecule has 0 aromatic heterocycles. The molecule has 1 aliphatic carbocycles. The quantitative estimate of drug-likeness (QED) is 0.711. The molecule has 1 saturated heterocycles. The Morgan fingerprint density at radius 3 is 2.75 bits per heavy atom. The summed E-state index contributed by atoms with van der Waals surface area (Å²) in [5.74, 6) is 0.292. The molecule has 0 spiro atoms. The highest BCUT2D eigenvalue weighted by atomic mass is 15.3. The molecule has 2 fully saturated rings. The first-order valence-corrected chi connectivity index (χ1v) is 6.64. The number of rotatable bonds is 2. The summed E-state index contributed by atoms with van der Waals surface area (Å²) in [5.41, 5.74) is 0. The zero-order valence-corrected chi connectivity index (χ0v) is 10.5. The van der Waals surface area contributed by atoms with Gasteiger partial charge in [-0.05, 0) is 26.3 Å². The van der Waals surface area contributed by atoms with Crippen molar-refractivity contribution in [3.8, 4) is 6.07 Å². The maximum absolute atomic E-state index is 9.14. The van der Waals surface area contributed by atoms with Crippen molar-refractivity contribution in [2.24, 2.45) is 5.92 Å². The van der Waals surface area contributed by atoms with Crippen LogP contribution in [0.3, 0.4) is 0 Å². The topological polar surface area (TPSA) is 30.3 Å². The molecule has 3 unspecified atom stereocenters. The Bertz CT molecular complexity index is 271. The Morgan fingerprint density at radius 2 is 2.12 bits per heavy atom. The zero-order chi connectivity index (χ0) is 11.5. The van der Waals surface area contributed by atoms with E-state index in [4.69, 9.17) is 5.26 Å². The molecule has 90 valence electrons. The summed E-state index contributed by atoms with van der Waals surface area (Å²) in [6, 6.07) is 3.70. The maximum Gasteiger partial charge on any atom is 0.0672 e. The molecule has 2 aliphatic rings. The van der Waals surface area contributed by atoms with Crippen molar-refractivity contribution in [2.75, 3.05) is 26.2 Å². The summed E-state index contributed by atoms with van der Waals surface area (Å²) in [6.45, 7) is 9.18. The molecular formula is C13H23N3. The van der Waals surface area contributed by atoms with E-state index in [0.717, 1.165) is 26.1 Å². The molecule has 0 radical (unpaired) electrons. The lowest BCUT2D eigenvalue weighted by Crippen LogP contribution is -2.55. The Labute approximate surface area is 99.0 Å². The van der Waals surface area contributed by atoms with Crippen LogP contribution in [0.2, 0.25) is 0 Å². The standard InChI is InChI=1S/C13H23N3/c1-3-15-7-8-16(10-11(15)2)13-6-4-5-12(13)9-14/h11-13H,3-8,10H2,1-2H3. The molecule has 16 heavy (non-hydrogen) atoms. The lowest BCUT2D eigenvalue weighted by Gasteiger charge is -2.42. The Hall–Kier alpha value is -0.590. The highest BCUT2D eigenvalue weighted by Crippen LogP contribution is 2.30. The summed E-state index contributed by atoms with van der Waals surface area (Å²) in [4.78, 5) is 5.10. The summed E-state index contributed by atoms with van der Waals surface area (Å²) in [6.07, 6.45) is 3.59. The first-order valence-electron chi connectivity index (χ1n) is 6.64. The first-order chi connectivity index (χ1) is 7.76. The SMILES string of the molecule is CCN1CCN(C2CCCC2C#N)CC1C. The number of nitriles is 1. The van der Waals surface area contributed by atoms with Gasteiger partial charge in [0.15, 0.2) is 0 Å². The van der Waals surface area contributed by atoms with Crippen LogP contribution in [0.1, 0.15) is 33.1 Å². The molecule has 0 aromatic rings. The van der Waals surface area contributed by atoms with Crippen LogP contribution in [0.15, 0.2) is 0 Å². The van der Waals surface area contributed by atoms with Gasteiger partial charge in [-0.3, -0.25) is 9.80 Å². The van der Waals surface area contributed by atoms with Crippen molar-refractivity contribution in [3.05, 3.63) is 0 Å². The van der Waals surface area contributed by atoms with E-state index < -0.39 is 0 Å². The van der Waals surface area contributed by atoms with Crippen LogP contribution in [0.5, 0.6) is 0 Å². The second-order valence-electron chi connectivity index (χ2n) is 5.21. The summed E-state index contributed by atoms with van der Waals surface area (Å²) in [7, 11) is 0. The van der Waals surface area contributed by atoms with Crippen LogP contribution in [-0.2, 0) is 0 Å². The highest BCUT2D eigenvalue weighted by molar-refractivity contribution is 4.99. The Morgan fingerprint density at radius 1 is 1.31 bits per heavy atom. The van der Waals surface area contributed by atoms with Crippen LogP contribution in [0.4, 0.5) is 0 Å². The fraction of sp³-hybridized carbons (Fsp3) is 0.923. The van der Waals surface area contributed by atoms with Crippen LogP contribution >= 0.6 is 0 Å². The van der Waals surface area contributed by atoms with E-state index in [1.54, 1.807) is 0 Å². The third kappa shape index (κ3) is 2.23. The van der Waals surface area contributed by atoms with Gasteiger partial charge in [-0.2, -0.15) is 5.26 Å². The van der Waals surface area contributed by atoms with Crippen LogP contribution in [-0.4, -0.2) is 48.1 Å². The van der Waals surface area contributed by atoms with Gasteiger partial charge in [0.1, 0.15) is 0 Å². The molecule has 0 bridgehead atoms. The Kier molecular flexibility index (Phi) is 3.83. The van der Waals surface area contributed by atoms with Crippen LogP contribution < -0.4 is 0 Å². The fourth-order valence-electron chi connectivity index (χ4n) is 3.32. The van der Waals surface area contributed by atoms with Crippen molar-refractivity contribution >= 4 is 0 Å². The monoisotopic (exact) mass is 221 g/mol. The number of nitrogens with zero attached hydrogens (tertiary/aromatic N) is 3. The van der Waals surface area contributed by atoms with Crippen LogP contribution in [0, 0.1) is 17.2 Å². The summed E-state index contributed by atoms with van der Waals surface area (Å²) in [5, 5.41) is 9.14. The minimum Gasteiger partial charge on any atom is -0.298 e. The predicted octanol–water partition coefficient (Wildman–Crippen LogP) is 1.70. The van der Waals surface area contributed by atoms with E-state index >= 15 is 0 Å². The number of hydrogen-bond donors (Lipinski definition) is 0. The average molecular weight is 221 g/mol. The van der Waals surface area contributed by atoms with E-state index in [1.165, 1.54) is 19.4 Å². The van der Waals surface area contributed by atoms with E-state index in [0.29, 0.717) is 18.0 Å². The average Bonchev–Trinajstić information content (AvgIpc) is 2.77. The molecule has 0 N–H and O–H groups in total. The van der Waals surface area contributed by atoms with Gasteiger partial charge in [-0.1, -0.05) is 13.3 Å². The highest BCUT2D eigenvalue weighted by Gasteiger charge is 2.35. The maximum atomic E-state index is 9.14. The van der Waals surface area contributed by atoms with Gasteiger partial charge in [0.2, 0.25) is 0 Å². The van der Waals surface area contributed by atoms with Gasteiger partial charge < -0.3 is 0 Å². The number of hydrogen-bond acceptors (Lipinski definition) is 3. The van der Waals surface area contributed by atoms with Crippen molar-refractivity contribution in [3.63, 3.8) is 0 Å². The lowest BCUT2D eigenvalue weighted by molar-refractivity contribution is 0.0529. The molecule has 1 saturated carbocycles. The van der Waals surface area contributed by atoms with Gasteiger partial charge in [0.05, 0.1) is 12.0 Å². The van der Waals surface area contributed by atoms with Crippen molar-refractivity contribution in [1.82, 2.24) is 9.80 Å². The number of likely N-dealkylation sites (N-methyl/N-ethyl adjacent to an activating group) is 1. The van der Waals surface area contributed by atoms with E-state index in [9.17, 15) is 0 Å². The molecule has 3 atom stereocenters. The normalized spacial score (nSPS) is 37.4. The van der Waals surface area contributed by atoms with Crippen LogP contribution in [0.25, 0.3) is 0 Å². The molecule has 1 heterocycles. The molecule has 3 heteroatoms. The molecule has 1 aliphatic heterocycles. The number of piperazine rings is 1. The molecule has 2 rings (SSSR count). The third-order valence-electron chi connectivity index (χ3n) is 4.32. The molecule has 0 amide bonds. The van der Waals surface area contributed by atoms with E-state index in [1.807, 2.05) is 0 Å². The fourth-order valence-corrected chi connectivity index (χ4v) is 3.32. The molecule has 3 nitrogen and oxygen atoms in total. The minimum absolute atomic E-state index is 0.292. The van der Waals surface area contributed by atoms with Gasteiger partial charge in [0, 0.05) is 31.7 Å². The van der Waals surface area contributed by atoms with Crippen molar-refractivity contribution in [1.29, 1.82) is 5.26 Å². The minimum atomic E-state index is 0.292. The van der Waals surface area contributed by atoms with Gasteiger partial charge in [0.25, 0.3) is 0 Å². The van der Waals surface area contributed by atoms with Gasteiger partial charge in [-0.25, -0.2) is 0 Å². The van der Waals surface area contributed by atoms with Gasteiger partial charge in [-0.15, -0.1) is 0 Å². The molecular weight excluding hydrogens is 198 g/mol. The Balaban J connectivity index is 1.94. The largest absolute Gasteiger partial charge is 0.298 e. The lowest BCUT2D eigenvalue weighted by atomic mass is 10.0. The molecule has 0 aromatic carbocycles.